The number of fused-ring (bicyclic) bond motifs is 1. The molecule has 2 amide bonds. The van der Waals surface area contributed by atoms with E-state index < -0.39 is 0 Å². The first-order chi connectivity index (χ1) is 17.1. The zero-order valence-electron chi connectivity index (χ0n) is 20.1. The van der Waals surface area contributed by atoms with Crippen molar-refractivity contribution >= 4 is 22.8 Å². The van der Waals surface area contributed by atoms with Gasteiger partial charge >= 0.3 is 6.03 Å². The van der Waals surface area contributed by atoms with Crippen LogP contribution in [0.25, 0.3) is 33.2 Å². The molecule has 0 atom stereocenters. The summed E-state index contributed by atoms with van der Waals surface area (Å²) in [7, 11) is 3.85. The third kappa shape index (κ3) is 4.20. The van der Waals surface area contributed by atoms with E-state index >= 15 is 0 Å². The molecule has 2 aliphatic rings. The quantitative estimate of drug-likeness (QED) is 0.453. The second kappa shape index (κ2) is 8.69. The topological polar surface area (TPSA) is 70.4 Å². The Morgan fingerprint density at radius 1 is 0.971 bits per heavy atom. The van der Waals surface area contributed by atoms with E-state index in [0.29, 0.717) is 6.04 Å². The van der Waals surface area contributed by atoms with Crippen LogP contribution in [0.1, 0.15) is 12.8 Å². The Hall–Kier alpha value is -3.94. The highest BCUT2D eigenvalue weighted by atomic mass is 16.2. The van der Waals surface area contributed by atoms with E-state index in [1.54, 1.807) is 0 Å². The lowest BCUT2D eigenvalue weighted by Crippen LogP contribution is -2.52. The van der Waals surface area contributed by atoms with Gasteiger partial charge in [0.1, 0.15) is 5.82 Å². The van der Waals surface area contributed by atoms with Gasteiger partial charge in [-0.15, -0.1) is 0 Å². The molecule has 2 fully saturated rings. The van der Waals surface area contributed by atoms with Crippen molar-refractivity contribution in [3.8, 4) is 22.3 Å². The number of anilines is 1. The SMILES string of the molecule is CN(C(=O)N1CCN(c2ccc(-c3cc(-c4cnn(C)c4)cc4ncccc34)cn2)CC1)C1CC1. The van der Waals surface area contributed by atoms with E-state index in [0.717, 1.165) is 78.0 Å². The first-order valence-corrected chi connectivity index (χ1v) is 12.2. The van der Waals surface area contributed by atoms with Crippen molar-refractivity contribution in [3.63, 3.8) is 0 Å². The van der Waals surface area contributed by atoms with Crippen molar-refractivity contribution in [2.75, 3.05) is 38.1 Å². The molecule has 8 heteroatoms. The molecule has 4 heterocycles. The van der Waals surface area contributed by atoms with Crippen LogP contribution in [0, 0.1) is 0 Å². The second-order valence-electron chi connectivity index (χ2n) is 9.50. The van der Waals surface area contributed by atoms with Gasteiger partial charge in [-0.05, 0) is 54.3 Å². The number of pyridine rings is 2. The van der Waals surface area contributed by atoms with Gasteiger partial charge in [-0.2, -0.15) is 5.10 Å². The fraction of sp³-hybridized carbons (Fsp3) is 0.333. The molecular weight excluding hydrogens is 438 g/mol. The summed E-state index contributed by atoms with van der Waals surface area (Å²) >= 11 is 0. The Morgan fingerprint density at radius 2 is 1.80 bits per heavy atom. The number of piperazine rings is 1. The number of hydrogen-bond donors (Lipinski definition) is 0. The molecule has 0 N–H and O–H groups in total. The van der Waals surface area contributed by atoms with Gasteiger partial charge in [0.15, 0.2) is 0 Å². The molecule has 3 aromatic heterocycles. The molecule has 0 bridgehead atoms. The van der Waals surface area contributed by atoms with Gasteiger partial charge in [-0.25, -0.2) is 9.78 Å². The van der Waals surface area contributed by atoms with Crippen molar-refractivity contribution in [1.82, 2.24) is 29.5 Å². The lowest BCUT2D eigenvalue weighted by Gasteiger charge is -2.37. The Kier molecular flexibility index (Phi) is 5.36. The smallest absolute Gasteiger partial charge is 0.320 e. The summed E-state index contributed by atoms with van der Waals surface area (Å²) in [5.74, 6) is 0.947. The number of aryl methyl sites for hydroxylation is 1. The lowest BCUT2D eigenvalue weighted by molar-refractivity contribution is 0.157. The van der Waals surface area contributed by atoms with E-state index in [2.05, 4.69) is 45.3 Å². The van der Waals surface area contributed by atoms with Crippen LogP contribution in [0.5, 0.6) is 0 Å². The Bertz CT molecular complexity index is 1370. The standard InChI is InChI=1S/C27H29N7O/c1-31-18-21(17-30-31)20-14-24(23-4-3-9-28-25(23)15-20)19-5-8-26(29-16-19)33-10-12-34(13-11-33)27(35)32(2)22-6-7-22/h3-5,8-9,14-18,22H,6-7,10-13H2,1-2H3. The third-order valence-corrected chi connectivity index (χ3v) is 7.09. The predicted octanol–water partition coefficient (Wildman–Crippen LogP) is 4.03. The normalized spacial score (nSPS) is 16.1. The molecule has 8 nitrogen and oxygen atoms in total. The Balaban J connectivity index is 1.23. The molecule has 1 saturated carbocycles. The van der Waals surface area contributed by atoms with Gasteiger partial charge in [0.25, 0.3) is 0 Å². The van der Waals surface area contributed by atoms with Crippen LogP contribution in [0.15, 0.2) is 61.2 Å². The molecule has 6 rings (SSSR count). The maximum atomic E-state index is 12.7. The number of carbonyl (C=O) groups excluding carboxylic acids is 1. The lowest BCUT2D eigenvalue weighted by atomic mass is 9.97. The predicted molar refractivity (Wildman–Crippen MR) is 137 cm³/mol. The molecule has 1 aliphatic carbocycles. The van der Waals surface area contributed by atoms with Gasteiger partial charge in [0, 0.05) is 81.4 Å². The number of amides is 2. The first-order valence-electron chi connectivity index (χ1n) is 12.2. The molecule has 1 aromatic carbocycles. The summed E-state index contributed by atoms with van der Waals surface area (Å²) < 4.78 is 1.81. The van der Waals surface area contributed by atoms with Crippen LogP contribution >= 0.6 is 0 Å². The van der Waals surface area contributed by atoms with Crippen molar-refractivity contribution < 1.29 is 4.79 Å². The number of hydrogen-bond acceptors (Lipinski definition) is 5. The van der Waals surface area contributed by atoms with Crippen LogP contribution in [0.2, 0.25) is 0 Å². The fourth-order valence-electron chi connectivity index (χ4n) is 4.86. The van der Waals surface area contributed by atoms with Gasteiger partial charge in [-0.1, -0.05) is 6.07 Å². The van der Waals surface area contributed by atoms with Crippen molar-refractivity contribution in [2.24, 2.45) is 7.05 Å². The molecule has 0 unspecified atom stereocenters. The summed E-state index contributed by atoms with van der Waals surface area (Å²) in [6, 6.07) is 13.2. The van der Waals surface area contributed by atoms with E-state index in [1.807, 2.05) is 59.4 Å². The van der Waals surface area contributed by atoms with Crippen LogP contribution in [-0.4, -0.2) is 74.8 Å². The molecule has 1 aliphatic heterocycles. The van der Waals surface area contributed by atoms with Crippen LogP contribution < -0.4 is 4.90 Å². The maximum Gasteiger partial charge on any atom is 0.320 e. The largest absolute Gasteiger partial charge is 0.353 e. The van der Waals surface area contributed by atoms with Crippen LogP contribution in [-0.2, 0) is 7.05 Å². The highest BCUT2D eigenvalue weighted by molar-refractivity contribution is 5.98. The Morgan fingerprint density at radius 3 is 2.49 bits per heavy atom. The summed E-state index contributed by atoms with van der Waals surface area (Å²) in [5, 5.41) is 5.43. The number of aromatic nitrogens is 4. The van der Waals surface area contributed by atoms with Crippen molar-refractivity contribution in [3.05, 3.63) is 61.2 Å². The van der Waals surface area contributed by atoms with Gasteiger partial charge in [0.2, 0.25) is 0 Å². The minimum Gasteiger partial charge on any atom is -0.353 e. The van der Waals surface area contributed by atoms with Gasteiger partial charge < -0.3 is 14.7 Å². The van der Waals surface area contributed by atoms with E-state index in [-0.39, 0.29) is 6.03 Å². The second-order valence-corrected chi connectivity index (χ2v) is 9.50. The maximum absolute atomic E-state index is 12.7. The molecule has 4 aromatic rings. The Labute approximate surface area is 204 Å². The van der Waals surface area contributed by atoms with Crippen LogP contribution in [0.3, 0.4) is 0 Å². The molecule has 0 radical (unpaired) electrons. The number of benzene rings is 1. The zero-order chi connectivity index (χ0) is 23.9. The highest BCUT2D eigenvalue weighted by Crippen LogP contribution is 2.33. The fourth-order valence-corrected chi connectivity index (χ4v) is 4.86. The number of urea groups is 1. The molecule has 0 spiro atoms. The number of nitrogens with zero attached hydrogens (tertiary/aromatic N) is 7. The van der Waals surface area contributed by atoms with Crippen molar-refractivity contribution in [2.45, 2.75) is 18.9 Å². The monoisotopic (exact) mass is 467 g/mol. The van der Waals surface area contributed by atoms with Crippen LogP contribution in [0.4, 0.5) is 10.6 Å². The third-order valence-electron chi connectivity index (χ3n) is 7.09. The number of rotatable bonds is 4. The van der Waals surface area contributed by atoms with Crippen molar-refractivity contribution in [1.29, 1.82) is 0 Å². The zero-order valence-corrected chi connectivity index (χ0v) is 20.1. The first kappa shape index (κ1) is 21.6. The van der Waals surface area contributed by atoms with E-state index in [4.69, 9.17) is 4.98 Å². The molecular formula is C27H29N7O. The highest BCUT2D eigenvalue weighted by Gasteiger charge is 2.33. The van der Waals surface area contributed by atoms with Gasteiger partial charge in [-0.3, -0.25) is 9.67 Å². The summed E-state index contributed by atoms with van der Waals surface area (Å²) in [6.07, 6.45) is 9.93. The van der Waals surface area contributed by atoms with E-state index in [9.17, 15) is 4.79 Å². The molecule has 178 valence electrons. The number of carbonyl (C=O) groups is 1. The summed E-state index contributed by atoms with van der Waals surface area (Å²) in [5.41, 5.74) is 5.25. The summed E-state index contributed by atoms with van der Waals surface area (Å²) in [6.45, 7) is 3.03. The average molecular weight is 468 g/mol. The van der Waals surface area contributed by atoms with E-state index in [1.165, 1.54) is 0 Å². The minimum atomic E-state index is 0.157. The average Bonchev–Trinajstić information content (AvgIpc) is 3.67. The molecule has 1 saturated heterocycles. The molecule has 35 heavy (non-hydrogen) atoms. The van der Waals surface area contributed by atoms with Gasteiger partial charge in [0.05, 0.1) is 11.7 Å². The summed E-state index contributed by atoms with van der Waals surface area (Å²) in [4.78, 5) is 28.2. The minimum absolute atomic E-state index is 0.157.